The van der Waals surface area contributed by atoms with E-state index in [1.165, 1.54) is 18.2 Å². The molecule has 1 aliphatic carbocycles. The minimum Gasteiger partial charge on any atom is -0.289 e. The predicted molar refractivity (Wildman–Crippen MR) is 84.7 cm³/mol. The Hall–Kier alpha value is -2.57. The second-order valence-corrected chi connectivity index (χ2v) is 6.84. The SMILES string of the molecule is NS(=O)(=O)c1ccc(CC2=CC(=O)c3ccccc3C2=O)cc1. The van der Waals surface area contributed by atoms with Gasteiger partial charge in [-0.25, -0.2) is 13.6 Å². The molecular weight excluding hydrogens is 314 g/mol. The average molecular weight is 327 g/mol. The number of benzene rings is 2. The number of hydrogen-bond acceptors (Lipinski definition) is 4. The van der Waals surface area contributed by atoms with Crippen LogP contribution in [-0.2, 0) is 16.4 Å². The van der Waals surface area contributed by atoms with Gasteiger partial charge in [0.2, 0.25) is 10.0 Å². The van der Waals surface area contributed by atoms with Crippen LogP contribution in [0.2, 0.25) is 0 Å². The van der Waals surface area contributed by atoms with E-state index in [0.29, 0.717) is 16.7 Å². The predicted octanol–water partition coefficient (Wildman–Crippen LogP) is 1.88. The maximum Gasteiger partial charge on any atom is 0.238 e. The first-order chi connectivity index (χ1) is 10.9. The van der Waals surface area contributed by atoms with Gasteiger partial charge in [-0.3, -0.25) is 9.59 Å². The molecule has 0 amide bonds. The third-order valence-electron chi connectivity index (χ3n) is 3.68. The van der Waals surface area contributed by atoms with Gasteiger partial charge in [0.25, 0.3) is 0 Å². The minimum atomic E-state index is -3.75. The largest absolute Gasteiger partial charge is 0.289 e. The van der Waals surface area contributed by atoms with Crippen LogP contribution in [0.15, 0.2) is 65.1 Å². The molecule has 0 unspecified atom stereocenters. The standard InChI is InChI=1S/C17H13NO4S/c18-23(21,22)13-7-5-11(6-8-13)9-12-10-16(19)14-3-1-2-4-15(14)17(12)20/h1-8,10H,9H2,(H2,18,21,22). The molecule has 0 aromatic heterocycles. The van der Waals surface area contributed by atoms with E-state index in [9.17, 15) is 18.0 Å². The van der Waals surface area contributed by atoms with Gasteiger partial charge in [-0.1, -0.05) is 36.4 Å². The van der Waals surface area contributed by atoms with Crippen molar-refractivity contribution in [1.29, 1.82) is 0 Å². The van der Waals surface area contributed by atoms with E-state index in [0.717, 1.165) is 5.56 Å². The topological polar surface area (TPSA) is 94.3 Å². The number of nitrogens with two attached hydrogens (primary N) is 1. The van der Waals surface area contributed by atoms with Crippen LogP contribution in [0.1, 0.15) is 26.3 Å². The minimum absolute atomic E-state index is 0.00613. The van der Waals surface area contributed by atoms with Gasteiger partial charge < -0.3 is 0 Å². The Morgan fingerprint density at radius 1 is 0.870 bits per heavy atom. The molecule has 116 valence electrons. The van der Waals surface area contributed by atoms with Crippen molar-refractivity contribution in [2.75, 3.05) is 0 Å². The molecule has 0 radical (unpaired) electrons. The fourth-order valence-corrected chi connectivity index (χ4v) is 3.03. The highest BCUT2D eigenvalue weighted by Gasteiger charge is 2.24. The number of carbonyl (C=O) groups is 2. The van der Waals surface area contributed by atoms with E-state index in [2.05, 4.69) is 0 Å². The summed E-state index contributed by atoms with van der Waals surface area (Å²) in [6, 6.07) is 12.6. The van der Waals surface area contributed by atoms with Gasteiger partial charge in [0.15, 0.2) is 11.6 Å². The molecule has 0 heterocycles. The van der Waals surface area contributed by atoms with E-state index >= 15 is 0 Å². The molecule has 23 heavy (non-hydrogen) atoms. The Morgan fingerprint density at radius 2 is 1.48 bits per heavy atom. The maximum absolute atomic E-state index is 12.5. The van der Waals surface area contributed by atoms with E-state index in [1.54, 1.807) is 36.4 Å². The second kappa shape index (κ2) is 5.57. The molecule has 0 bridgehead atoms. The molecule has 2 aromatic rings. The van der Waals surface area contributed by atoms with E-state index in [1.807, 2.05) is 0 Å². The highest BCUT2D eigenvalue weighted by molar-refractivity contribution is 7.89. The molecule has 5 nitrogen and oxygen atoms in total. The molecule has 0 fully saturated rings. The van der Waals surface area contributed by atoms with Crippen molar-refractivity contribution in [3.63, 3.8) is 0 Å². The Balaban J connectivity index is 1.90. The zero-order valence-corrected chi connectivity index (χ0v) is 12.8. The molecule has 0 spiro atoms. The van der Waals surface area contributed by atoms with Crippen molar-refractivity contribution in [2.45, 2.75) is 11.3 Å². The fraction of sp³-hybridized carbons (Fsp3) is 0.0588. The zero-order chi connectivity index (χ0) is 16.6. The molecular formula is C17H13NO4S. The lowest BCUT2D eigenvalue weighted by Gasteiger charge is -2.15. The van der Waals surface area contributed by atoms with Crippen molar-refractivity contribution < 1.29 is 18.0 Å². The molecule has 1 aliphatic rings. The number of carbonyl (C=O) groups excluding carboxylic acids is 2. The summed E-state index contributed by atoms with van der Waals surface area (Å²) in [5.41, 5.74) is 1.92. The summed E-state index contributed by atoms with van der Waals surface area (Å²) < 4.78 is 22.5. The summed E-state index contributed by atoms with van der Waals surface area (Å²) in [7, 11) is -3.75. The summed E-state index contributed by atoms with van der Waals surface area (Å²) in [5.74, 6) is -0.382. The number of rotatable bonds is 3. The zero-order valence-electron chi connectivity index (χ0n) is 12.0. The molecule has 0 aliphatic heterocycles. The average Bonchev–Trinajstić information content (AvgIpc) is 2.52. The molecule has 0 saturated carbocycles. The normalized spacial score (nSPS) is 14.4. The Morgan fingerprint density at radius 3 is 2.09 bits per heavy atom. The van der Waals surface area contributed by atoms with Crippen molar-refractivity contribution >= 4 is 21.6 Å². The number of primary sulfonamides is 1. The van der Waals surface area contributed by atoms with Crippen molar-refractivity contribution in [2.24, 2.45) is 5.14 Å². The lowest BCUT2D eigenvalue weighted by molar-refractivity contribution is 0.0982. The van der Waals surface area contributed by atoms with Gasteiger partial charge in [0.1, 0.15) is 0 Å². The first kappa shape index (κ1) is 15.3. The quantitative estimate of drug-likeness (QED) is 0.931. The van der Waals surface area contributed by atoms with Gasteiger partial charge in [-0.15, -0.1) is 0 Å². The Kier molecular flexibility index (Phi) is 3.71. The number of ketones is 2. The summed E-state index contributed by atoms with van der Waals surface area (Å²) >= 11 is 0. The van der Waals surface area contributed by atoms with Crippen molar-refractivity contribution in [3.8, 4) is 0 Å². The highest BCUT2D eigenvalue weighted by atomic mass is 32.2. The van der Waals surface area contributed by atoms with Gasteiger partial charge in [-0.2, -0.15) is 0 Å². The number of Topliss-reactive ketones (excluding diaryl/α,β-unsaturated/α-hetero) is 1. The smallest absolute Gasteiger partial charge is 0.238 e. The van der Waals surface area contributed by atoms with E-state index < -0.39 is 10.0 Å². The van der Waals surface area contributed by atoms with Gasteiger partial charge >= 0.3 is 0 Å². The third kappa shape index (κ3) is 2.99. The van der Waals surface area contributed by atoms with Gasteiger partial charge in [-0.05, 0) is 23.8 Å². The van der Waals surface area contributed by atoms with Crippen molar-refractivity contribution in [1.82, 2.24) is 0 Å². The molecule has 3 rings (SSSR count). The summed E-state index contributed by atoms with van der Waals surface area (Å²) in [4.78, 5) is 24.6. The van der Waals surface area contributed by atoms with Crippen molar-refractivity contribution in [3.05, 3.63) is 76.9 Å². The van der Waals surface area contributed by atoms with E-state index in [4.69, 9.17) is 5.14 Å². The van der Waals surface area contributed by atoms with Gasteiger partial charge in [0, 0.05) is 23.1 Å². The molecule has 0 saturated heterocycles. The lowest BCUT2D eigenvalue weighted by atomic mass is 9.87. The molecule has 2 aromatic carbocycles. The van der Waals surface area contributed by atoms with Crippen LogP contribution in [0.5, 0.6) is 0 Å². The van der Waals surface area contributed by atoms with Crippen LogP contribution >= 0.6 is 0 Å². The van der Waals surface area contributed by atoms with Gasteiger partial charge in [0.05, 0.1) is 4.90 Å². The fourth-order valence-electron chi connectivity index (χ4n) is 2.52. The van der Waals surface area contributed by atoms with Crippen LogP contribution in [0.4, 0.5) is 0 Å². The lowest BCUT2D eigenvalue weighted by Crippen LogP contribution is -2.18. The Bertz CT molecular complexity index is 941. The number of fused-ring (bicyclic) bond motifs is 1. The number of hydrogen-bond donors (Lipinski definition) is 1. The monoisotopic (exact) mass is 327 g/mol. The summed E-state index contributed by atoms with van der Waals surface area (Å²) in [5, 5.41) is 5.05. The van der Waals surface area contributed by atoms with E-state index in [-0.39, 0.29) is 22.9 Å². The maximum atomic E-state index is 12.5. The molecule has 2 N–H and O–H groups in total. The first-order valence-corrected chi connectivity index (χ1v) is 8.41. The summed E-state index contributed by atoms with van der Waals surface area (Å²) in [6.45, 7) is 0. The summed E-state index contributed by atoms with van der Waals surface area (Å²) in [6.07, 6.45) is 1.60. The second-order valence-electron chi connectivity index (χ2n) is 5.27. The first-order valence-electron chi connectivity index (χ1n) is 6.86. The molecule has 0 atom stereocenters. The van der Waals surface area contributed by atoms with Crippen LogP contribution in [-0.4, -0.2) is 20.0 Å². The highest BCUT2D eigenvalue weighted by Crippen LogP contribution is 2.23. The number of allylic oxidation sites excluding steroid dienone is 2. The molecule has 6 heteroatoms. The number of sulfonamides is 1. The Labute approximate surface area is 133 Å². The third-order valence-corrected chi connectivity index (χ3v) is 4.61. The van der Waals surface area contributed by atoms with Crippen LogP contribution in [0.25, 0.3) is 0 Å². The van der Waals surface area contributed by atoms with Crippen LogP contribution < -0.4 is 5.14 Å². The van der Waals surface area contributed by atoms with Crippen LogP contribution in [0, 0.1) is 0 Å². The van der Waals surface area contributed by atoms with Crippen LogP contribution in [0.3, 0.4) is 0 Å².